The monoisotopic (exact) mass is 407 g/mol. The van der Waals surface area contributed by atoms with Crippen molar-refractivity contribution in [1.29, 1.82) is 0 Å². The highest BCUT2D eigenvalue weighted by Crippen LogP contribution is 2.25. The fourth-order valence-corrected chi connectivity index (χ4v) is 3.81. The fraction of sp³-hybridized carbons (Fsp3) is 0.0909. The smallest absolute Gasteiger partial charge is 0.255 e. The molecule has 28 heavy (non-hydrogen) atoms. The number of carbonyl (C=O) groups excluding carboxylic acids is 1. The summed E-state index contributed by atoms with van der Waals surface area (Å²) < 4.78 is 2.02. The third-order valence-electron chi connectivity index (χ3n) is 4.43. The first-order valence-electron chi connectivity index (χ1n) is 8.82. The molecule has 0 aliphatic heterocycles. The molecule has 1 amide bonds. The molecular formula is C22H18ClN3OS. The van der Waals surface area contributed by atoms with E-state index in [1.807, 2.05) is 84.4 Å². The number of hydrogen-bond donors (Lipinski definition) is 1. The highest BCUT2D eigenvalue weighted by Gasteiger charge is 2.09. The van der Waals surface area contributed by atoms with E-state index in [1.54, 1.807) is 11.8 Å². The van der Waals surface area contributed by atoms with Crippen LogP contribution in [0.2, 0.25) is 5.02 Å². The van der Waals surface area contributed by atoms with Gasteiger partial charge in [0.15, 0.2) is 0 Å². The van der Waals surface area contributed by atoms with Crippen molar-refractivity contribution >= 4 is 40.6 Å². The number of benzene rings is 2. The molecule has 4 aromatic rings. The molecule has 0 radical (unpaired) electrons. The van der Waals surface area contributed by atoms with Gasteiger partial charge >= 0.3 is 0 Å². The summed E-state index contributed by atoms with van der Waals surface area (Å²) in [6, 6.07) is 19.0. The Morgan fingerprint density at radius 3 is 2.71 bits per heavy atom. The number of hydrogen-bond acceptors (Lipinski definition) is 3. The molecule has 0 aliphatic carbocycles. The van der Waals surface area contributed by atoms with Crippen LogP contribution in [0.4, 0.5) is 5.69 Å². The number of nitrogens with one attached hydrogen (secondary N) is 1. The lowest BCUT2D eigenvalue weighted by molar-refractivity contribution is 0.102. The molecule has 4 rings (SSSR count). The van der Waals surface area contributed by atoms with Crippen molar-refractivity contribution < 1.29 is 4.79 Å². The number of thioether (sulfide) groups is 1. The van der Waals surface area contributed by atoms with Gasteiger partial charge in [-0.15, -0.1) is 11.8 Å². The quantitative estimate of drug-likeness (QED) is 0.422. The highest BCUT2D eigenvalue weighted by molar-refractivity contribution is 7.98. The van der Waals surface area contributed by atoms with Crippen LogP contribution >= 0.6 is 23.4 Å². The average molecular weight is 408 g/mol. The van der Waals surface area contributed by atoms with Crippen molar-refractivity contribution in [3.05, 3.63) is 94.9 Å². The molecule has 0 aliphatic rings. The van der Waals surface area contributed by atoms with Crippen LogP contribution in [0.3, 0.4) is 0 Å². The van der Waals surface area contributed by atoms with Gasteiger partial charge in [-0.3, -0.25) is 4.79 Å². The molecule has 0 unspecified atom stereocenters. The van der Waals surface area contributed by atoms with Gasteiger partial charge in [0, 0.05) is 39.3 Å². The third kappa shape index (κ3) is 4.06. The van der Waals surface area contributed by atoms with Crippen LogP contribution in [0.5, 0.6) is 0 Å². The fourth-order valence-electron chi connectivity index (χ4n) is 2.85. The van der Waals surface area contributed by atoms with E-state index in [-0.39, 0.29) is 5.91 Å². The summed E-state index contributed by atoms with van der Waals surface area (Å²) in [4.78, 5) is 18.2. The van der Waals surface area contributed by atoms with Crippen molar-refractivity contribution in [2.45, 2.75) is 17.6 Å². The Morgan fingerprint density at radius 2 is 1.93 bits per heavy atom. The molecule has 0 saturated heterocycles. The largest absolute Gasteiger partial charge is 0.322 e. The van der Waals surface area contributed by atoms with Crippen molar-refractivity contribution in [1.82, 2.24) is 9.38 Å². The molecule has 1 N–H and O–H groups in total. The topological polar surface area (TPSA) is 46.4 Å². The molecule has 0 fully saturated rings. The van der Waals surface area contributed by atoms with Gasteiger partial charge in [0.05, 0.1) is 5.69 Å². The maximum absolute atomic E-state index is 12.5. The molecule has 6 heteroatoms. The molecule has 2 aromatic carbocycles. The summed E-state index contributed by atoms with van der Waals surface area (Å²) >= 11 is 7.81. The van der Waals surface area contributed by atoms with Gasteiger partial charge < -0.3 is 9.72 Å². The van der Waals surface area contributed by atoms with E-state index in [4.69, 9.17) is 11.6 Å². The number of anilines is 1. The number of pyridine rings is 1. The highest BCUT2D eigenvalue weighted by atomic mass is 35.5. The summed E-state index contributed by atoms with van der Waals surface area (Å²) in [5.74, 6) is 0.622. The van der Waals surface area contributed by atoms with Gasteiger partial charge in [-0.2, -0.15) is 0 Å². The number of imidazole rings is 1. The molecule has 0 atom stereocenters. The first-order valence-corrected chi connectivity index (χ1v) is 10.2. The van der Waals surface area contributed by atoms with E-state index in [1.165, 1.54) is 0 Å². The Hall–Kier alpha value is -2.76. The summed E-state index contributed by atoms with van der Waals surface area (Å²) in [6.07, 6.45) is 4.03. The Bertz CT molecular complexity index is 1110. The minimum atomic E-state index is -0.151. The van der Waals surface area contributed by atoms with Crippen LogP contribution in [-0.4, -0.2) is 15.3 Å². The summed E-state index contributed by atoms with van der Waals surface area (Å²) in [7, 11) is 0. The lowest BCUT2D eigenvalue weighted by atomic mass is 10.1. The zero-order valence-electron chi connectivity index (χ0n) is 15.2. The third-order valence-corrected chi connectivity index (χ3v) is 5.89. The van der Waals surface area contributed by atoms with Crippen molar-refractivity contribution in [2.24, 2.45) is 0 Å². The number of nitrogens with zero attached hydrogens (tertiary/aromatic N) is 2. The van der Waals surface area contributed by atoms with Gasteiger partial charge in [0.25, 0.3) is 5.91 Å². The minimum Gasteiger partial charge on any atom is -0.322 e. The lowest BCUT2D eigenvalue weighted by Crippen LogP contribution is -2.12. The minimum absolute atomic E-state index is 0.151. The Kier molecular flexibility index (Phi) is 5.37. The summed E-state index contributed by atoms with van der Waals surface area (Å²) in [5, 5.41) is 3.55. The maximum atomic E-state index is 12.5. The lowest BCUT2D eigenvalue weighted by Gasteiger charge is -2.10. The van der Waals surface area contributed by atoms with E-state index in [2.05, 4.69) is 10.3 Å². The van der Waals surface area contributed by atoms with Gasteiger partial charge in [-0.1, -0.05) is 23.7 Å². The standard InChI is InChI=1S/C22H18ClN3OS/c1-15-19(23)5-4-6-20(15)25-22(27)16-8-10-18(11-9-16)28-14-17-13-26-12-3-2-7-21(26)24-17/h2-13H,14H2,1H3,(H,25,27). The maximum Gasteiger partial charge on any atom is 0.255 e. The summed E-state index contributed by atoms with van der Waals surface area (Å²) in [5.41, 5.74) is 4.16. The normalized spacial score (nSPS) is 10.9. The van der Waals surface area contributed by atoms with Crippen molar-refractivity contribution in [3.63, 3.8) is 0 Å². The Balaban J connectivity index is 1.40. The molecule has 2 heterocycles. The van der Waals surface area contributed by atoms with Crippen LogP contribution in [0.1, 0.15) is 21.6 Å². The van der Waals surface area contributed by atoms with Crippen LogP contribution in [0, 0.1) is 6.92 Å². The van der Waals surface area contributed by atoms with E-state index in [0.717, 1.165) is 33.2 Å². The summed E-state index contributed by atoms with van der Waals surface area (Å²) in [6.45, 7) is 1.89. The zero-order chi connectivity index (χ0) is 19.5. The number of halogens is 1. The number of carbonyl (C=O) groups is 1. The number of amides is 1. The average Bonchev–Trinajstić information content (AvgIpc) is 3.13. The molecular weight excluding hydrogens is 390 g/mol. The van der Waals surface area contributed by atoms with Gasteiger partial charge in [-0.25, -0.2) is 4.98 Å². The molecule has 0 spiro atoms. The van der Waals surface area contributed by atoms with E-state index >= 15 is 0 Å². The molecule has 4 nitrogen and oxygen atoms in total. The molecule has 0 saturated carbocycles. The first-order chi connectivity index (χ1) is 13.6. The van der Waals surface area contributed by atoms with E-state index < -0.39 is 0 Å². The van der Waals surface area contributed by atoms with Crippen LogP contribution in [-0.2, 0) is 5.75 Å². The Morgan fingerprint density at radius 1 is 1.11 bits per heavy atom. The predicted molar refractivity (Wildman–Crippen MR) is 115 cm³/mol. The number of aromatic nitrogens is 2. The second-order valence-electron chi connectivity index (χ2n) is 6.38. The van der Waals surface area contributed by atoms with Crippen molar-refractivity contribution in [2.75, 3.05) is 5.32 Å². The zero-order valence-corrected chi connectivity index (χ0v) is 16.8. The molecule has 0 bridgehead atoms. The Labute approximate surface area is 172 Å². The van der Waals surface area contributed by atoms with Crippen LogP contribution < -0.4 is 5.32 Å². The second-order valence-corrected chi connectivity index (χ2v) is 7.83. The predicted octanol–water partition coefficient (Wildman–Crippen LogP) is 5.84. The SMILES string of the molecule is Cc1c(Cl)cccc1NC(=O)c1ccc(SCc2cn3ccccc3n2)cc1. The number of fused-ring (bicyclic) bond motifs is 1. The van der Waals surface area contributed by atoms with E-state index in [0.29, 0.717) is 10.6 Å². The first kappa shape index (κ1) is 18.6. The van der Waals surface area contributed by atoms with Gasteiger partial charge in [0.2, 0.25) is 0 Å². The van der Waals surface area contributed by atoms with Gasteiger partial charge in [0.1, 0.15) is 5.65 Å². The molecule has 140 valence electrons. The molecule has 2 aromatic heterocycles. The van der Waals surface area contributed by atoms with E-state index in [9.17, 15) is 4.79 Å². The van der Waals surface area contributed by atoms with Crippen LogP contribution in [0.15, 0.2) is 78.0 Å². The second kappa shape index (κ2) is 8.09. The van der Waals surface area contributed by atoms with Gasteiger partial charge in [-0.05, 0) is 61.0 Å². The number of rotatable bonds is 5. The van der Waals surface area contributed by atoms with Crippen molar-refractivity contribution in [3.8, 4) is 0 Å². The van der Waals surface area contributed by atoms with Crippen LogP contribution in [0.25, 0.3) is 5.65 Å².